The molecule has 0 aliphatic heterocycles. The number of benzene rings is 1. The highest BCUT2D eigenvalue weighted by Gasteiger charge is 2.38. The third-order valence-electron chi connectivity index (χ3n) is 3.18. The van der Waals surface area contributed by atoms with Gasteiger partial charge in [-0.15, -0.1) is 22.0 Å². The molecular weight excluding hydrogens is 329 g/mol. The van der Waals surface area contributed by atoms with Gasteiger partial charge in [-0.05, 0) is 18.6 Å². The lowest BCUT2D eigenvalue weighted by Crippen LogP contribution is -2.11. The van der Waals surface area contributed by atoms with E-state index in [9.17, 15) is 13.2 Å². The lowest BCUT2D eigenvalue weighted by Gasteiger charge is -2.09. The van der Waals surface area contributed by atoms with Gasteiger partial charge in [0, 0.05) is 19.5 Å². The van der Waals surface area contributed by atoms with Crippen molar-refractivity contribution in [1.82, 2.24) is 19.6 Å². The molecule has 0 amide bonds. The highest BCUT2D eigenvalue weighted by Crippen LogP contribution is 2.32. The summed E-state index contributed by atoms with van der Waals surface area (Å²) in [5.41, 5.74) is 0.930. The standard InChI is InChI=1S/C14H13F3N4OS/c1-22-7-4-8-23-12-11-19-20-13(14(15,16)17)21(11)10-6-3-2-5-9(10)18-12/h2-3,5-6H,4,7-8H2,1H3. The molecule has 0 unspecified atom stereocenters. The van der Waals surface area contributed by atoms with Gasteiger partial charge in [-0.25, -0.2) is 4.98 Å². The Kier molecular flexibility index (Phi) is 4.40. The van der Waals surface area contributed by atoms with Crippen molar-refractivity contribution in [2.75, 3.05) is 19.5 Å². The SMILES string of the molecule is COCCCSc1nc2ccccc2n2c(C(F)(F)F)nnc12. The van der Waals surface area contributed by atoms with E-state index in [4.69, 9.17) is 4.74 Å². The molecule has 0 aliphatic carbocycles. The minimum atomic E-state index is -4.58. The molecule has 1 aromatic carbocycles. The molecular formula is C14H13F3N4OS. The summed E-state index contributed by atoms with van der Waals surface area (Å²) in [6, 6.07) is 6.65. The summed E-state index contributed by atoms with van der Waals surface area (Å²) in [5, 5.41) is 7.48. The first-order valence-electron chi connectivity index (χ1n) is 6.85. The van der Waals surface area contributed by atoms with Crippen LogP contribution in [-0.2, 0) is 10.9 Å². The van der Waals surface area contributed by atoms with Crippen molar-refractivity contribution < 1.29 is 17.9 Å². The molecule has 0 saturated heterocycles. The largest absolute Gasteiger partial charge is 0.452 e. The van der Waals surface area contributed by atoms with E-state index in [0.29, 0.717) is 28.4 Å². The number of thioether (sulfide) groups is 1. The van der Waals surface area contributed by atoms with Gasteiger partial charge in [-0.2, -0.15) is 13.2 Å². The zero-order valence-corrected chi connectivity index (χ0v) is 13.0. The molecule has 23 heavy (non-hydrogen) atoms. The minimum absolute atomic E-state index is 0.124. The van der Waals surface area contributed by atoms with E-state index in [0.717, 1.165) is 10.8 Å². The number of aromatic nitrogens is 4. The second-order valence-corrected chi connectivity index (χ2v) is 5.86. The van der Waals surface area contributed by atoms with Gasteiger partial charge in [0.15, 0.2) is 5.65 Å². The topological polar surface area (TPSA) is 52.3 Å². The van der Waals surface area contributed by atoms with Gasteiger partial charge < -0.3 is 4.74 Å². The van der Waals surface area contributed by atoms with Crippen molar-refractivity contribution in [2.24, 2.45) is 0 Å². The summed E-state index contributed by atoms with van der Waals surface area (Å²) in [4.78, 5) is 4.43. The van der Waals surface area contributed by atoms with Crippen LogP contribution in [0.5, 0.6) is 0 Å². The molecule has 3 aromatic rings. The zero-order chi connectivity index (χ0) is 16.4. The number of fused-ring (bicyclic) bond motifs is 3. The summed E-state index contributed by atoms with van der Waals surface area (Å²) >= 11 is 1.35. The maximum atomic E-state index is 13.2. The third kappa shape index (κ3) is 3.11. The Morgan fingerprint density at radius 1 is 1.22 bits per heavy atom. The van der Waals surface area contributed by atoms with Crippen molar-refractivity contribution >= 4 is 28.4 Å². The Bertz CT molecular complexity index is 834. The first-order valence-corrected chi connectivity index (χ1v) is 7.83. The van der Waals surface area contributed by atoms with Crippen LogP contribution in [0, 0.1) is 0 Å². The summed E-state index contributed by atoms with van der Waals surface area (Å²) in [6.07, 6.45) is -3.82. The molecule has 0 fully saturated rings. The molecule has 2 aromatic heterocycles. The number of alkyl halides is 3. The number of halogens is 3. The quantitative estimate of drug-likeness (QED) is 0.525. The summed E-state index contributed by atoms with van der Waals surface area (Å²) in [7, 11) is 1.60. The lowest BCUT2D eigenvalue weighted by molar-refractivity contribution is -0.145. The van der Waals surface area contributed by atoms with Crippen molar-refractivity contribution in [3.8, 4) is 0 Å². The molecule has 0 saturated carbocycles. The average Bonchev–Trinajstić information content (AvgIpc) is 2.97. The number of hydrogen-bond acceptors (Lipinski definition) is 5. The Balaban J connectivity index is 2.15. The van der Waals surface area contributed by atoms with Crippen LogP contribution in [0.1, 0.15) is 12.2 Å². The summed E-state index contributed by atoms with van der Waals surface area (Å²) in [6.45, 7) is 0.581. The number of hydrogen-bond donors (Lipinski definition) is 0. The summed E-state index contributed by atoms with van der Waals surface area (Å²) in [5.74, 6) is -0.367. The molecule has 0 radical (unpaired) electrons. The van der Waals surface area contributed by atoms with Crippen LogP contribution in [0.25, 0.3) is 16.7 Å². The van der Waals surface area contributed by atoms with E-state index < -0.39 is 12.0 Å². The predicted molar refractivity (Wildman–Crippen MR) is 80.5 cm³/mol. The average molecular weight is 342 g/mol. The Hall–Kier alpha value is -1.87. The Morgan fingerprint density at radius 2 is 2.00 bits per heavy atom. The van der Waals surface area contributed by atoms with E-state index in [-0.39, 0.29) is 5.65 Å². The van der Waals surface area contributed by atoms with Crippen molar-refractivity contribution in [3.63, 3.8) is 0 Å². The lowest BCUT2D eigenvalue weighted by atomic mass is 10.3. The second-order valence-electron chi connectivity index (χ2n) is 4.78. The predicted octanol–water partition coefficient (Wildman–Crippen LogP) is 3.42. The van der Waals surface area contributed by atoms with Gasteiger partial charge in [-0.1, -0.05) is 12.1 Å². The van der Waals surface area contributed by atoms with Crippen molar-refractivity contribution in [2.45, 2.75) is 17.6 Å². The Labute approximate surface area is 133 Å². The molecule has 0 bridgehead atoms. The number of rotatable bonds is 5. The molecule has 2 heterocycles. The fourth-order valence-electron chi connectivity index (χ4n) is 2.21. The fraction of sp³-hybridized carbons (Fsp3) is 0.357. The van der Waals surface area contributed by atoms with E-state index in [1.165, 1.54) is 11.8 Å². The van der Waals surface area contributed by atoms with E-state index in [1.54, 1.807) is 31.4 Å². The van der Waals surface area contributed by atoms with Crippen LogP contribution in [0.15, 0.2) is 29.3 Å². The van der Waals surface area contributed by atoms with Gasteiger partial charge in [0.1, 0.15) is 5.03 Å². The van der Waals surface area contributed by atoms with E-state index in [1.807, 2.05) is 0 Å². The Morgan fingerprint density at radius 3 is 2.74 bits per heavy atom. The van der Waals surface area contributed by atoms with Crippen molar-refractivity contribution in [3.05, 3.63) is 30.1 Å². The van der Waals surface area contributed by atoms with Crippen LogP contribution < -0.4 is 0 Å². The number of methoxy groups -OCH3 is 1. The molecule has 122 valence electrons. The molecule has 0 spiro atoms. The first kappa shape index (κ1) is 16.0. The number of nitrogens with zero attached hydrogens (tertiary/aromatic N) is 4. The van der Waals surface area contributed by atoms with Crippen LogP contribution >= 0.6 is 11.8 Å². The van der Waals surface area contributed by atoms with Gasteiger partial charge in [0.25, 0.3) is 0 Å². The van der Waals surface area contributed by atoms with E-state index in [2.05, 4.69) is 15.2 Å². The molecule has 5 nitrogen and oxygen atoms in total. The fourth-order valence-corrected chi connectivity index (χ4v) is 3.09. The highest BCUT2D eigenvalue weighted by molar-refractivity contribution is 7.99. The van der Waals surface area contributed by atoms with Crippen molar-refractivity contribution in [1.29, 1.82) is 0 Å². The van der Waals surface area contributed by atoms with Crippen LogP contribution in [0.3, 0.4) is 0 Å². The van der Waals surface area contributed by atoms with Crippen LogP contribution in [0.4, 0.5) is 13.2 Å². The number of para-hydroxylation sites is 2. The highest BCUT2D eigenvalue weighted by atomic mass is 32.2. The number of ether oxygens (including phenoxy) is 1. The molecule has 3 rings (SSSR count). The third-order valence-corrected chi connectivity index (χ3v) is 4.22. The van der Waals surface area contributed by atoms with Crippen LogP contribution in [0.2, 0.25) is 0 Å². The zero-order valence-electron chi connectivity index (χ0n) is 12.2. The molecule has 0 atom stereocenters. The van der Waals surface area contributed by atoms with Gasteiger partial charge in [0.2, 0.25) is 5.82 Å². The summed E-state index contributed by atoms with van der Waals surface area (Å²) < 4.78 is 45.6. The smallest absolute Gasteiger partial charge is 0.385 e. The maximum Gasteiger partial charge on any atom is 0.452 e. The van der Waals surface area contributed by atoms with Crippen LogP contribution in [-0.4, -0.2) is 39.1 Å². The molecule has 9 heteroatoms. The van der Waals surface area contributed by atoms with Gasteiger partial charge >= 0.3 is 6.18 Å². The molecule has 0 aliphatic rings. The van der Waals surface area contributed by atoms with Gasteiger partial charge in [-0.3, -0.25) is 4.40 Å². The van der Waals surface area contributed by atoms with E-state index >= 15 is 0 Å². The molecule has 0 N–H and O–H groups in total. The minimum Gasteiger partial charge on any atom is -0.385 e. The van der Waals surface area contributed by atoms with Gasteiger partial charge in [0.05, 0.1) is 11.0 Å². The normalized spacial score (nSPS) is 12.3. The maximum absolute atomic E-state index is 13.2. The first-order chi connectivity index (χ1) is 11.0. The monoisotopic (exact) mass is 342 g/mol. The second kappa shape index (κ2) is 6.32.